The van der Waals surface area contributed by atoms with Crippen molar-refractivity contribution < 1.29 is 19.0 Å². The highest BCUT2D eigenvalue weighted by atomic mass is 16.7. The average Bonchev–Trinajstić information content (AvgIpc) is 2.98. The lowest BCUT2D eigenvalue weighted by atomic mass is 10.0. The summed E-state index contributed by atoms with van der Waals surface area (Å²) in [6, 6.07) is 3.88. The fraction of sp³-hybridized carbons (Fsp3) is 0.462. The van der Waals surface area contributed by atoms with Crippen molar-refractivity contribution in [3.05, 3.63) is 23.3 Å². The van der Waals surface area contributed by atoms with Crippen LogP contribution in [0.3, 0.4) is 0 Å². The molecule has 0 spiro atoms. The second-order valence-electron chi connectivity index (χ2n) is 4.50. The minimum absolute atomic E-state index is 0.198. The highest BCUT2D eigenvalue weighted by Crippen LogP contribution is 2.55. The molecule has 0 aromatic heterocycles. The minimum Gasteiger partial charge on any atom is -0.453 e. The van der Waals surface area contributed by atoms with Crippen LogP contribution in [0.2, 0.25) is 0 Å². The van der Waals surface area contributed by atoms with Gasteiger partial charge in [0.1, 0.15) is 5.54 Å². The van der Waals surface area contributed by atoms with E-state index >= 15 is 0 Å². The van der Waals surface area contributed by atoms with Gasteiger partial charge in [-0.2, -0.15) is 4.99 Å². The van der Waals surface area contributed by atoms with E-state index in [1.165, 1.54) is 0 Å². The number of benzene rings is 1. The largest absolute Gasteiger partial charge is 0.453 e. The maximum absolute atomic E-state index is 10.5. The molecule has 5 heteroatoms. The Morgan fingerprint density at radius 2 is 2.17 bits per heavy atom. The van der Waals surface area contributed by atoms with Crippen molar-refractivity contribution in [1.29, 1.82) is 0 Å². The second kappa shape index (κ2) is 4.12. The zero-order valence-corrected chi connectivity index (χ0v) is 10.1. The van der Waals surface area contributed by atoms with Gasteiger partial charge < -0.3 is 14.2 Å². The molecule has 0 unspecified atom stereocenters. The van der Waals surface area contributed by atoms with E-state index in [0.29, 0.717) is 18.1 Å². The molecule has 0 saturated heterocycles. The third-order valence-corrected chi connectivity index (χ3v) is 3.38. The summed E-state index contributed by atoms with van der Waals surface area (Å²) in [6.45, 7) is 0.667. The first-order valence-electron chi connectivity index (χ1n) is 5.81. The SMILES string of the molecule is COCc1ccc(C2(N=C=O)CC2)c2c1OCO2. The average molecular weight is 247 g/mol. The molecule has 0 amide bonds. The van der Waals surface area contributed by atoms with Gasteiger partial charge in [-0.15, -0.1) is 0 Å². The van der Waals surface area contributed by atoms with Crippen LogP contribution in [0.15, 0.2) is 17.1 Å². The molecule has 0 radical (unpaired) electrons. The monoisotopic (exact) mass is 247 g/mol. The number of ether oxygens (including phenoxy) is 3. The van der Waals surface area contributed by atoms with E-state index in [0.717, 1.165) is 24.0 Å². The smallest absolute Gasteiger partial charge is 0.235 e. The second-order valence-corrected chi connectivity index (χ2v) is 4.50. The molecule has 1 fully saturated rings. The van der Waals surface area contributed by atoms with Gasteiger partial charge in [-0.1, -0.05) is 12.1 Å². The van der Waals surface area contributed by atoms with Crippen LogP contribution in [-0.4, -0.2) is 20.0 Å². The molecule has 1 aromatic carbocycles. The quantitative estimate of drug-likeness (QED) is 0.602. The van der Waals surface area contributed by atoms with Gasteiger partial charge in [-0.3, -0.25) is 0 Å². The molecule has 1 aliphatic carbocycles. The molecule has 0 atom stereocenters. The van der Waals surface area contributed by atoms with Crippen LogP contribution in [0.1, 0.15) is 24.0 Å². The lowest BCUT2D eigenvalue weighted by molar-refractivity contribution is 0.162. The van der Waals surface area contributed by atoms with Crippen molar-refractivity contribution in [3.8, 4) is 11.5 Å². The van der Waals surface area contributed by atoms with E-state index in [9.17, 15) is 4.79 Å². The molecule has 0 N–H and O–H groups in total. The Morgan fingerprint density at radius 3 is 2.83 bits per heavy atom. The van der Waals surface area contributed by atoms with Gasteiger partial charge >= 0.3 is 0 Å². The van der Waals surface area contributed by atoms with Crippen molar-refractivity contribution >= 4 is 6.08 Å². The Bertz CT molecular complexity index is 530. The molecular formula is C13H13NO4. The third kappa shape index (κ3) is 1.60. The highest BCUT2D eigenvalue weighted by Gasteiger charge is 2.48. The Morgan fingerprint density at radius 1 is 1.39 bits per heavy atom. The first-order chi connectivity index (χ1) is 8.80. The molecule has 1 saturated carbocycles. The summed E-state index contributed by atoms with van der Waals surface area (Å²) in [5, 5.41) is 0. The van der Waals surface area contributed by atoms with E-state index in [1.807, 2.05) is 12.1 Å². The number of aliphatic imine (C=N–C) groups is 1. The Kier molecular flexibility index (Phi) is 2.58. The molecular weight excluding hydrogens is 234 g/mol. The fourth-order valence-corrected chi connectivity index (χ4v) is 2.34. The summed E-state index contributed by atoms with van der Waals surface area (Å²) in [6.07, 6.45) is 3.35. The van der Waals surface area contributed by atoms with E-state index < -0.39 is 5.54 Å². The first kappa shape index (κ1) is 11.3. The number of hydrogen-bond acceptors (Lipinski definition) is 5. The summed E-state index contributed by atoms with van der Waals surface area (Å²) in [4.78, 5) is 14.4. The van der Waals surface area contributed by atoms with Gasteiger partial charge in [0, 0.05) is 18.2 Å². The van der Waals surface area contributed by atoms with Crippen LogP contribution in [0.5, 0.6) is 11.5 Å². The minimum atomic E-state index is -0.439. The summed E-state index contributed by atoms with van der Waals surface area (Å²) in [5.74, 6) is 1.41. The van der Waals surface area contributed by atoms with Crippen molar-refractivity contribution in [3.63, 3.8) is 0 Å². The zero-order valence-electron chi connectivity index (χ0n) is 10.1. The molecule has 18 heavy (non-hydrogen) atoms. The number of rotatable bonds is 4. The van der Waals surface area contributed by atoms with Crippen molar-refractivity contribution in [1.82, 2.24) is 0 Å². The maximum Gasteiger partial charge on any atom is 0.235 e. The van der Waals surface area contributed by atoms with Crippen LogP contribution in [0, 0.1) is 0 Å². The normalized spacial score (nSPS) is 18.3. The number of isocyanates is 1. The van der Waals surface area contributed by atoms with E-state index in [1.54, 1.807) is 13.2 Å². The van der Waals surface area contributed by atoms with Crippen LogP contribution in [0.4, 0.5) is 0 Å². The van der Waals surface area contributed by atoms with Crippen molar-refractivity contribution in [2.75, 3.05) is 13.9 Å². The van der Waals surface area contributed by atoms with Crippen LogP contribution in [0.25, 0.3) is 0 Å². The Hall–Kier alpha value is -1.84. The van der Waals surface area contributed by atoms with Gasteiger partial charge in [0.15, 0.2) is 11.5 Å². The number of methoxy groups -OCH3 is 1. The Labute approximate surface area is 104 Å². The predicted molar refractivity (Wildman–Crippen MR) is 62.3 cm³/mol. The van der Waals surface area contributed by atoms with Crippen LogP contribution in [-0.2, 0) is 21.7 Å². The molecule has 0 bridgehead atoms. The first-order valence-corrected chi connectivity index (χ1v) is 5.81. The van der Waals surface area contributed by atoms with Crippen molar-refractivity contribution in [2.45, 2.75) is 25.0 Å². The lowest BCUT2D eigenvalue weighted by Crippen LogP contribution is -2.04. The third-order valence-electron chi connectivity index (χ3n) is 3.38. The topological polar surface area (TPSA) is 57.1 Å². The molecule has 2 aliphatic rings. The molecule has 1 aliphatic heterocycles. The summed E-state index contributed by atoms with van der Waals surface area (Å²) in [7, 11) is 1.63. The van der Waals surface area contributed by atoms with Crippen LogP contribution >= 0.6 is 0 Å². The fourth-order valence-electron chi connectivity index (χ4n) is 2.34. The van der Waals surface area contributed by atoms with Gasteiger partial charge in [0.2, 0.25) is 12.9 Å². The van der Waals surface area contributed by atoms with Crippen molar-refractivity contribution in [2.24, 2.45) is 4.99 Å². The Balaban J connectivity index is 2.08. The molecule has 1 aromatic rings. The number of hydrogen-bond donors (Lipinski definition) is 0. The zero-order chi connectivity index (χ0) is 12.6. The maximum atomic E-state index is 10.5. The van der Waals surface area contributed by atoms with E-state index in [2.05, 4.69) is 4.99 Å². The number of fused-ring (bicyclic) bond motifs is 1. The number of nitrogens with zero attached hydrogens (tertiary/aromatic N) is 1. The van der Waals surface area contributed by atoms with Gasteiger partial charge in [-0.05, 0) is 12.8 Å². The standard InChI is InChI=1S/C13H13NO4/c1-16-6-9-2-3-10(12-11(9)17-8-18-12)13(4-5-13)14-7-15/h2-3H,4-6,8H2,1H3. The highest BCUT2D eigenvalue weighted by molar-refractivity contribution is 5.58. The van der Waals surface area contributed by atoms with Gasteiger partial charge in [0.25, 0.3) is 0 Å². The molecule has 5 nitrogen and oxygen atoms in total. The molecule has 3 rings (SSSR count). The van der Waals surface area contributed by atoms with Gasteiger partial charge in [-0.25, -0.2) is 4.79 Å². The molecule has 94 valence electrons. The van der Waals surface area contributed by atoms with E-state index in [4.69, 9.17) is 14.2 Å². The lowest BCUT2D eigenvalue weighted by Gasteiger charge is -2.13. The number of carbonyl (C=O) groups excluding carboxylic acids is 1. The predicted octanol–water partition coefficient (Wildman–Crippen LogP) is 1.89. The summed E-state index contributed by atoms with van der Waals surface area (Å²) in [5.41, 5.74) is 1.42. The van der Waals surface area contributed by atoms with E-state index in [-0.39, 0.29) is 6.79 Å². The molecule has 1 heterocycles. The van der Waals surface area contributed by atoms with Crippen LogP contribution < -0.4 is 9.47 Å². The summed E-state index contributed by atoms with van der Waals surface area (Å²) < 4.78 is 16.1. The van der Waals surface area contributed by atoms with Gasteiger partial charge in [0.05, 0.1) is 6.61 Å². The summed E-state index contributed by atoms with van der Waals surface area (Å²) >= 11 is 0.